The average Bonchev–Trinajstić information content (AvgIpc) is 2.78. The molecule has 3 N–H and O–H groups in total. The van der Waals surface area contributed by atoms with Crippen LogP contribution in [0.15, 0.2) is 42.5 Å². The summed E-state index contributed by atoms with van der Waals surface area (Å²) in [7, 11) is -3.40. The van der Waals surface area contributed by atoms with Crippen molar-refractivity contribution in [2.45, 2.75) is 64.2 Å². The number of hydrogen-bond donors (Lipinski definition) is 3. The molecule has 1 heterocycles. The molecule has 2 aromatic carbocycles. The van der Waals surface area contributed by atoms with Gasteiger partial charge in [0.15, 0.2) is 0 Å². The van der Waals surface area contributed by atoms with E-state index in [1.54, 1.807) is 38.1 Å². The van der Waals surface area contributed by atoms with E-state index in [1.165, 1.54) is 10.4 Å². The minimum Gasteiger partial charge on any atom is -0.478 e. The van der Waals surface area contributed by atoms with Crippen LogP contribution in [0.3, 0.4) is 0 Å². The standard InChI is InChI=1S/C26H35N3O5S/c1-17(2)35(33,34)29-14-6-7-21(16-29)27-23-15-20(12-13-22(23)25(31)32)28-24(30)18-8-10-19(11-9-18)26(3,4)5/h8-13,15,17,21,27H,6-7,14,16H2,1-5H3,(H,28,30)(H,31,32). The van der Waals surface area contributed by atoms with Crippen LogP contribution in [-0.4, -0.2) is 54.1 Å². The Kier molecular flexibility index (Phi) is 7.91. The average molecular weight is 502 g/mol. The summed E-state index contributed by atoms with van der Waals surface area (Å²) in [6, 6.07) is 11.7. The van der Waals surface area contributed by atoms with Gasteiger partial charge in [0.1, 0.15) is 0 Å². The zero-order valence-corrected chi connectivity index (χ0v) is 21.8. The molecule has 0 aromatic heterocycles. The number of anilines is 2. The summed E-state index contributed by atoms with van der Waals surface area (Å²) in [4.78, 5) is 24.6. The quantitative estimate of drug-likeness (QED) is 0.513. The van der Waals surface area contributed by atoms with E-state index in [4.69, 9.17) is 0 Å². The number of hydrogen-bond acceptors (Lipinski definition) is 5. The summed E-state index contributed by atoms with van der Waals surface area (Å²) in [5.41, 5.74) is 2.44. The first-order valence-electron chi connectivity index (χ1n) is 11.8. The van der Waals surface area contributed by atoms with Gasteiger partial charge in [-0.15, -0.1) is 0 Å². The van der Waals surface area contributed by atoms with Crippen LogP contribution in [0.4, 0.5) is 11.4 Å². The molecule has 1 saturated heterocycles. The highest BCUT2D eigenvalue weighted by Crippen LogP contribution is 2.27. The van der Waals surface area contributed by atoms with Gasteiger partial charge in [-0.1, -0.05) is 32.9 Å². The summed E-state index contributed by atoms with van der Waals surface area (Å²) in [5, 5.41) is 15.2. The van der Waals surface area contributed by atoms with Crippen molar-refractivity contribution in [1.29, 1.82) is 0 Å². The number of benzene rings is 2. The fraction of sp³-hybridized carbons (Fsp3) is 0.462. The van der Waals surface area contributed by atoms with Crippen molar-refractivity contribution in [2.24, 2.45) is 0 Å². The first-order chi connectivity index (χ1) is 16.3. The lowest BCUT2D eigenvalue weighted by Crippen LogP contribution is -2.47. The number of carbonyl (C=O) groups excluding carboxylic acids is 1. The molecule has 9 heteroatoms. The monoisotopic (exact) mass is 501 g/mol. The normalized spacial score (nSPS) is 17.3. The highest BCUT2D eigenvalue weighted by atomic mass is 32.2. The second-order valence-corrected chi connectivity index (χ2v) is 12.8. The lowest BCUT2D eigenvalue weighted by molar-refractivity contribution is 0.0697. The van der Waals surface area contributed by atoms with E-state index in [-0.39, 0.29) is 29.5 Å². The van der Waals surface area contributed by atoms with Crippen molar-refractivity contribution in [1.82, 2.24) is 4.31 Å². The predicted octanol–water partition coefficient (Wildman–Crippen LogP) is 4.55. The second-order valence-electron chi connectivity index (χ2n) is 10.3. The number of piperidine rings is 1. The van der Waals surface area contributed by atoms with E-state index in [0.717, 1.165) is 5.56 Å². The lowest BCUT2D eigenvalue weighted by Gasteiger charge is -2.34. The minimum atomic E-state index is -3.40. The van der Waals surface area contributed by atoms with Crippen molar-refractivity contribution in [2.75, 3.05) is 23.7 Å². The van der Waals surface area contributed by atoms with E-state index >= 15 is 0 Å². The molecule has 1 unspecified atom stereocenters. The Bertz CT molecular complexity index is 1180. The van der Waals surface area contributed by atoms with Crippen molar-refractivity contribution in [3.05, 3.63) is 59.2 Å². The van der Waals surface area contributed by atoms with Gasteiger partial charge in [-0.25, -0.2) is 13.2 Å². The van der Waals surface area contributed by atoms with Crippen LogP contribution < -0.4 is 10.6 Å². The molecule has 35 heavy (non-hydrogen) atoms. The van der Waals surface area contributed by atoms with Crippen LogP contribution in [0.25, 0.3) is 0 Å². The van der Waals surface area contributed by atoms with E-state index in [2.05, 4.69) is 31.4 Å². The summed E-state index contributed by atoms with van der Waals surface area (Å²) in [5.74, 6) is -1.41. The minimum absolute atomic E-state index is 0.0224. The van der Waals surface area contributed by atoms with Crippen molar-refractivity contribution >= 4 is 33.3 Å². The molecule has 0 bridgehead atoms. The molecular formula is C26H35N3O5S. The van der Waals surface area contributed by atoms with Gasteiger partial charge < -0.3 is 15.7 Å². The zero-order chi connectivity index (χ0) is 26.0. The van der Waals surface area contributed by atoms with Gasteiger partial charge in [0.05, 0.1) is 16.5 Å². The number of amides is 1. The highest BCUT2D eigenvalue weighted by molar-refractivity contribution is 7.89. The number of carboxylic acid groups (broad SMARTS) is 1. The molecule has 8 nitrogen and oxygen atoms in total. The number of nitrogens with one attached hydrogen (secondary N) is 2. The largest absolute Gasteiger partial charge is 0.478 e. The number of carboxylic acids is 1. The fourth-order valence-electron chi connectivity index (χ4n) is 4.06. The van der Waals surface area contributed by atoms with Crippen LogP contribution >= 0.6 is 0 Å². The van der Waals surface area contributed by atoms with Gasteiger partial charge in [0.2, 0.25) is 10.0 Å². The maximum atomic E-state index is 12.8. The van der Waals surface area contributed by atoms with Crippen LogP contribution in [0.5, 0.6) is 0 Å². The van der Waals surface area contributed by atoms with Gasteiger partial charge >= 0.3 is 5.97 Å². The first-order valence-corrected chi connectivity index (χ1v) is 13.3. The predicted molar refractivity (Wildman–Crippen MR) is 139 cm³/mol. The van der Waals surface area contributed by atoms with Gasteiger partial charge in [-0.2, -0.15) is 4.31 Å². The molecule has 3 rings (SSSR count). The zero-order valence-electron chi connectivity index (χ0n) is 21.0. The summed E-state index contributed by atoms with van der Waals surface area (Å²) < 4.78 is 26.7. The molecule has 1 amide bonds. The molecule has 0 spiro atoms. The second kappa shape index (κ2) is 10.4. The van der Waals surface area contributed by atoms with Crippen LogP contribution in [0.2, 0.25) is 0 Å². The molecule has 0 radical (unpaired) electrons. The molecule has 1 aliphatic heterocycles. The maximum Gasteiger partial charge on any atom is 0.337 e. The number of carbonyl (C=O) groups is 2. The van der Waals surface area contributed by atoms with Crippen molar-refractivity contribution in [3.63, 3.8) is 0 Å². The van der Waals surface area contributed by atoms with Gasteiger partial charge in [-0.05, 0) is 68.0 Å². The van der Waals surface area contributed by atoms with Gasteiger partial charge in [-0.3, -0.25) is 4.79 Å². The lowest BCUT2D eigenvalue weighted by atomic mass is 9.87. The van der Waals surface area contributed by atoms with Gasteiger partial charge in [0, 0.05) is 30.4 Å². The van der Waals surface area contributed by atoms with E-state index < -0.39 is 21.2 Å². The van der Waals surface area contributed by atoms with E-state index in [0.29, 0.717) is 36.3 Å². The summed E-state index contributed by atoms with van der Waals surface area (Å²) >= 11 is 0. The van der Waals surface area contributed by atoms with Crippen molar-refractivity contribution in [3.8, 4) is 0 Å². The maximum absolute atomic E-state index is 12.8. The fourth-order valence-corrected chi connectivity index (χ4v) is 5.43. The number of aromatic carboxylic acids is 1. The van der Waals surface area contributed by atoms with Gasteiger partial charge in [0.25, 0.3) is 5.91 Å². The van der Waals surface area contributed by atoms with Crippen LogP contribution in [-0.2, 0) is 15.4 Å². The van der Waals surface area contributed by atoms with Crippen LogP contribution in [0, 0.1) is 0 Å². The molecule has 0 aliphatic carbocycles. The smallest absolute Gasteiger partial charge is 0.337 e. The van der Waals surface area contributed by atoms with E-state index in [1.807, 2.05) is 12.1 Å². The Labute approximate surface area is 207 Å². The topological polar surface area (TPSA) is 116 Å². The third-order valence-corrected chi connectivity index (χ3v) is 8.46. The Morgan fingerprint density at radius 1 is 1.09 bits per heavy atom. The number of nitrogens with zero attached hydrogens (tertiary/aromatic N) is 1. The van der Waals surface area contributed by atoms with E-state index in [9.17, 15) is 23.1 Å². The number of sulfonamides is 1. The third-order valence-electron chi connectivity index (χ3n) is 6.22. The Hall–Kier alpha value is -2.91. The first kappa shape index (κ1) is 26.7. The molecule has 1 fully saturated rings. The Morgan fingerprint density at radius 2 is 1.74 bits per heavy atom. The highest BCUT2D eigenvalue weighted by Gasteiger charge is 2.31. The molecule has 1 atom stereocenters. The molecule has 1 aliphatic rings. The van der Waals surface area contributed by atoms with Crippen LogP contribution in [0.1, 0.15) is 73.7 Å². The Morgan fingerprint density at radius 3 is 2.31 bits per heavy atom. The molecule has 190 valence electrons. The summed E-state index contributed by atoms with van der Waals surface area (Å²) in [6.07, 6.45) is 1.38. The van der Waals surface area contributed by atoms with Crippen molar-refractivity contribution < 1.29 is 23.1 Å². The number of rotatable bonds is 7. The summed E-state index contributed by atoms with van der Waals surface area (Å²) in [6.45, 7) is 10.3. The SMILES string of the molecule is CC(C)S(=O)(=O)N1CCCC(Nc2cc(NC(=O)c3ccc(C(C)(C)C)cc3)ccc2C(=O)O)C1. The third kappa shape index (κ3) is 6.41. The molecular weight excluding hydrogens is 466 g/mol. The molecule has 2 aromatic rings. The Balaban J connectivity index is 1.78. The molecule has 0 saturated carbocycles.